The Labute approximate surface area is 322 Å². The van der Waals surface area contributed by atoms with E-state index in [1.165, 1.54) is 4.90 Å². The van der Waals surface area contributed by atoms with Gasteiger partial charge in [0.05, 0.1) is 17.5 Å². The summed E-state index contributed by atoms with van der Waals surface area (Å²) in [6.45, 7) is 7.99. The van der Waals surface area contributed by atoms with Gasteiger partial charge in [0.2, 0.25) is 27.7 Å². The van der Waals surface area contributed by atoms with Crippen LogP contribution in [0.4, 0.5) is 4.79 Å². The summed E-state index contributed by atoms with van der Waals surface area (Å²) < 4.78 is 40.4. The van der Waals surface area contributed by atoms with Crippen molar-refractivity contribution in [1.29, 1.82) is 0 Å². The minimum absolute atomic E-state index is 0.0196. The molecule has 1 saturated heterocycles. The molecule has 16 heteroatoms. The maximum Gasteiger partial charge on any atom is 0.408 e. The number of amides is 4. The van der Waals surface area contributed by atoms with Crippen LogP contribution in [0.5, 0.6) is 5.88 Å². The number of nitrogens with one attached hydrogen (secondary N) is 3. The lowest BCUT2D eigenvalue weighted by Gasteiger charge is -2.33. The summed E-state index contributed by atoms with van der Waals surface area (Å²) in [5.74, 6) is -2.09. The first kappa shape index (κ1) is 38.9. The van der Waals surface area contributed by atoms with Crippen molar-refractivity contribution in [1.82, 2.24) is 35.4 Å². The molecule has 1 aromatic heterocycles. The van der Waals surface area contributed by atoms with Gasteiger partial charge in [0.15, 0.2) is 0 Å². The van der Waals surface area contributed by atoms with Crippen molar-refractivity contribution in [3.05, 3.63) is 42.6 Å². The number of allylic oxidation sites excluding steroid dienone is 1. The SMILES string of the molecule is CCCC1(S(=O)(=O)NC(=O)[C@@]23CC2/C=C\CCCN(C2CC2)C[C@H](NC(=O)OC(C)(C)C)C(=O)N2C[C@H](Oc4nncc5ccccc45)C[C@H]2C(=O)N3)CC1. The van der Waals surface area contributed by atoms with Crippen LogP contribution in [0.1, 0.15) is 91.9 Å². The Morgan fingerprint density at radius 1 is 1.11 bits per heavy atom. The highest BCUT2D eigenvalue weighted by Crippen LogP contribution is 2.49. The molecule has 298 valence electrons. The second-order valence-electron chi connectivity index (χ2n) is 16.9. The van der Waals surface area contributed by atoms with Crippen LogP contribution in [0.15, 0.2) is 42.6 Å². The van der Waals surface area contributed by atoms with E-state index in [1.807, 2.05) is 43.3 Å². The normalized spacial score (nSPS) is 29.1. The summed E-state index contributed by atoms with van der Waals surface area (Å²) in [6.07, 6.45) is 9.70. The molecule has 7 rings (SSSR count). The number of carbonyl (C=O) groups is 4. The van der Waals surface area contributed by atoms with Crippen LogP contribution >= 0.6 is 0 Å². The highest BCUT2D eigenvalue weighted by molar-refractivity contribution is 7.91. The summed E-state index contributed by atoms with van der Waals surface area (Å²) in [7, 11) is -4.01. The molecule has 1 unspecified atom stereocenters. The van der Waals surface area contributed by atoms with Crippen LogP contribution < -0.4 is 20.1 Å². The standard InChI is InChI=1S/C39H53N7O8S/c1-5-16-38(17-18-38)55(51,52)44-35(49)39-21-26(39)12-7-6-10-19-45(27-14-15-27)24-30(41-36(50)54-37(2,3)4)34(48)46-23-28(20-31(46)32(47)42-39)53-33-29-13-9-8-11-25(29)22-40-43-33/h7-9,11-13,22,26-28,30-31H,5-6,10,14-21,23-24H2,1-4H3,(H,41,50)(H,42,47)(H,44,49)/b12-7-/t26?,28-,30+,31+,39-/m1/s1. The predicted octanol–water partition coefficient (Wildman–Crippen LogP) is 3.34. The number of aromatic nitrogens is 2. The molecule has 4 fully saturated rings. The van der Waals surface area contributed by atoms with E-state index >= 15 is 0 Å². The third-order valence-corrected chi connectivity index (χ3v) is 13.6. The van der Waals surface area contributed by atoms with E-state index in [0.29, 0.717) is 44.0 Å². The number of alkyl carbamates (subject to hydrolysis) is 1. The average Bonchev–Trinajstić information content (AvgIpc) is 4.04. The van der Waals surface area contributed by atoms with Crippen LogP contribution in [-0.4, -0.2) is 112 Å². The summed E-state index contributed by atoms with van der Waals surface area (Å²) >= 11 is 0. The number of sulfonamides is 1. The summed E-state index contributed by atoms with van der Waals surface area (Å²) in [4.78, 5) is 60.2. The Hall–Kier alpha value is -4.31. The smallest absolute Gasteiger partial charge is 0.408 e. The lowest BCUT2D eigenvalue weighted by atomic mass is 10.1. The molecule has 55 heavy (non-hydrogen) atoms. The molecule has 0 spiro atoms. The van der Waals surface area contributed by atoms with Gasteiger partial charge in [-0.3, -0.25) is 24.0 Å². The third-order valence-electron chi connectivity index (χ3n) is 11.4. The van der Waals surface area contributed by atoms with Crippen molar-refractivity contribution in [3.8, 4) is 5.88 Å². The average molecular weight is 780 g/mol. The van der Waals surface area contributed by atoms with Crippen molar-refractivity contribution in [2.75, 3.05) is 19.6 Å². The molecule has 5 atom stereocenters. The predicted molar refractivity (Wildman–Crippen MR) is 203 cm³/mol. The van der Waals surface area contributed by atoms with Gasteiger partial charge in [-0.25, -0.2) is 13.2 Å². The minimum atomic E-state index is -4.01. The van der Waals surface area contributed by atoms with Crippen molar-refractivity contribution >= 4 is 44.6 Å². The maximum atomic E-state index is 14.8. The van der Waals surface area contributed by atoms with Crippen LogP contribution in [0, 0.1) is 5.92 Å². The van der Waals surface area contributed by atoms with Gasteiger partial charge < -0.3 is 25.0 Å². The summed E-state index contributed by atoms with van der Waals surface area (Å²) in [5, 5.41) is 15.6. The number of benzene rings is 1. The highest BCUT2D eigenvalue weighted by atomic mass is 32.2. The molecule has 2 aliphatic heterocycles. The molecule has 3 N–H and O–H groups in total. The topological polar surface area (TPSA) is 189 Å². The van der Waals surface area contributed by atoms with Crippen molar-refractivity contribution in [2.24, 2.45) is 5.92 Å². The number of carbonyl (C=O) groups excluding carboxylic acids is 4. The Bertz CT molecular complexity index is 1950. The molecule has 0 bridgehead atoms. The lowest BCUT2D eigenvalue weighted by Crippen LogP contribution is -2.60. The molecule has 5 aliphatic rings. The van der Waals surface area contributed by atoms with E-state index in [0.717, 1.165) is 24.6 Å². The Balaban J connectivity index is 1.21. The molecular weight excluding hydrogens is 727 g/mol. The maximum absolute atomic E-state index is 14.8. The van der Waals surface area contributed by atoms with Crippen molar-refractivity contribution in [2.45, 2.75) is 132 Å². The van der Waals surface area contributed by atoms with Crippen LogP contribution in [0.25, 0.3) is 10.8 Å². The first-order valence-corrected chi connectivity index (χ1v) is 21.1. The summed E-state index contributed by atoms with van der Waals surface area (Å²) in [6, 6.07) is 5.53. The van der Waals surface area contributed by atoms with Crippen LogP contribution in [0.3, 0.4) is 0 Å². The number of rotatable bonds is 9. The fourth-order valence-corrected chi connectivity index (χ4v) is 9.84. The molecule has 3 heterocycles. The number of fused-ring (bicyclic) bond motifs is 3. The first-order chi connectivity index (χ1) is 26.1. The van der Waals surface area contributed by atoms with E-state index in [2.05, 4.69) is 30.5 Å². The Kier molecular flexibility index (Phi) is 10.6. The second kappa shape index (κ2) is 15.0. The fraction of sp³-hybridized carbons (Fsp3) is 0.641. The van der Waals surface area contributed by atoms with Gasteiger partial charge in [0.1, 0.15) is 29.3 Å². The van der Waals surface area contributed by atoms with E-state index < -0.39 is 73.8 Å². The van der Waals surface area contributed by atoms with Gasteiger partial charge in [-0.2, -0.15) is 5.10 Å². The molecule has 1 aromatic carbocycles. The van der Waals surface area contributed by atoms with Gasteiger partial charge in [0.25, 0.3) is 5.91 Å². The molecule has 15 nitrogen and oxygen atoms in total. The fourth-order valence-electron chi connectivity index (χ4n) is 8.08. The monoisotopic (exact) mass is 779 g/mol. The van der Waals surface area contributed by atoms with Gasteiger partial charge in [-0.1, -0.05) is 43.7 Å². The minimum Gasteiger partial charge on any atom is -0.471 e. The zero-order valence-electron chi connectivity index (χ0n) is 32.1. The van der Waals surface area contributed by atoms with Crippen LogP contribution in [-0.2, 0) is 29.1 Å². The Morgan fingerprint density at radius 3 is 2.58 bits per heavy atom. The van der Waals surface area contributed by atoms with Crippen molar-refractivity contribution < 1.29 is 37.1 Å². The quantitative estimate of drug-likeness (QED) is 0.317. The molecule has 3 aliphatic carbocycles. The lowest BCUT2D eigenvalue weighted by molar-refractivity contribution is -0.141. The second-order valence-corrected chi connectivity index (χ2v) is 18.9. The van der Waals surface area contributed by atoms with Crippen LogP contribution in [0.2, 0.25) is 0 Å². The number of hydrogen-bond acceptors (Lipinski definition) is 11. The molecule has 2 aromatic rings. The van der Waals surface area contributed by atoms with Crippen molar-refractivity contribution in [3.63, 3.8) is 0 Å². The number of nitrogens with zero attached hydrogens (tertiary/aromatic N) is 4. The molecular formula is C39H53N7O8S. The van der Waals surface area contributed by atoms with E-state index in [4.69, 9.17) is 9.47 Å². The highest BCUT2D eigenvalue weighted by Gasteiger charge is 2.63. The largest absolute Gasteiger partial charge is 0.471 e. The van der Waals surface area contributed by atoms with Gasteiger partial charge in [-0.05, 0) is 84.7 Å². The first-order valence-electron chi connectivity index (χ1n) is 19.6. The number of ether oxygens (including phenoxy) is 2. The summed E-state index contributed by atoms with van der Waals surface area (Å²) in [5.41, 5.74) is -2.34. The number of hydrogen-bond donors (Lipinski definition) is 3. The third kappa shape index (κ3) is 8.44. The zero-order valence-corrected chi connectivity index (χ0v) is 32.9. The van der Waals surface area contributed by atoms with Gasteiger partial charge >= 0.3 is 6.09 Å². The van der Waals surface area contributed by atoms with E-state index in [1.54, 1.807) is 27.0 Å². The molecule has 0 radical (unpaired) electrons. The zero-order chi connectivity index (χ0) is 39.2. The van der Waals surface area contributed by atoms with Gasteiger partial charge in [0, 0.05) is 35.7 Å². The molecule has 3 saturated carbocycles. The Morgan fingerprint density at radius 2 is 1.87 bits per heavy atom. The van der Waals surface area contributed by atoms with E-state index in [9.17, 15) is 27.6 Å². The van der Waals surface area contributed by atoms with Gasteiger partial charge in [-0.15, -0.1) is 5.10 Å². The van der Waals surface area contributed by atoms with E-state index in [-0.39, 0.29) is 37.9 Å². The molecule has 4 amide bonds.